The van der Waals surface area contributed by atoms with Gasteiger partial charge in [0, 0.05) is 31.2 Å². The molecule has 3 nitrogen and oxygen atoms in total. The summed E-state index contributed by atoms with van der Waals surface area (Å²) in [5.41, 5.74) is 0.383. The highest BCUT2D eigenvalue weighted by Crippen LogP contribution is 2.38. The van der Waals surface area contributed by atoms with Gasteiger partial charge in [-0.05, 0) is 57.5 Å². The second-order valence-electron chi connectivity index (χ2n) is 7.70. The summed E-state index contributed by atoms with van der Waals surface area (Å²) in [5.74, 6) is 0.996. The zero-order valence-electron chi connectivity index (χ0n) is 13.9. The molecular formula is C18H34N2O. The number of piperidine rings is 1. The van der Waals surface area contributed by atoms with Crippen LogP contribution in [0, 0.1) is 11.3 Å². The molecule has 2 heterocycles. The summed E-state index contributed by atoms with van der Waals surface area (Å²) in [4.78, 5) is 2.86. The van der Waals surface area contributed by atoms with E-state index >= 15 is 0 Å². The van der Waals surface area contributed by atoms with Gasteiger partial charge in [-0.3, -0.25) is 4.90 Å². The Kier molecular flexibility index (Phi) is 5.58. The van der Waals surface area contributed by atoms with E-state index in [2.05, 4.69) is 17.1 Å². The summed E-state index contributed by atoms with van der Waals surface area (Å²) >= 11 is 0. The molecule has 1 saturated carbocycles. The summed E-state index contributed by atoms with van der Waals surface area (Å²) in [6, 6.07) is 0.885. The van der Waals surface area contributed by atoms with E-state index in [-0.39, 0.29) is 0 Å². The van der Waals surface area contributed by atoms with E-state index in [1.54, 1.807) is 0 Å². The van der Waals surface area contributed by atoms with Crippen LogP contribution in [0.4, 0.5) is 0 Å². The highest BCUT2D eigenvalue weighted by atomic mass is 16.5. The first kappa shape index (κ1) is 15.8. The van der Waals surface area contributed by atoms with E-state index in [4.69, 9.17) is 4.74 Å². The number of nitrogens with one attached hydrogen (secondary N) is 1. The van der Waals surface area contributed by atoms with Gasteiger partial charge in [-0.1, -0.05) is 19.8 Å². The van der Waals surface area contributed by atoms with Crippen molar-refractivity contribution < 1.29 is 4.74 Å². The molecule has 122 valence electrons. The number of ether oxygens (including phenoxy) is 1. The molecule has 1 unspecified atom stereocenters. The van der Waals surface area contributed by atoms with Crippen LogP contribution in [0.5, 0.6) is 0 Å². The molecule has 3 fully saturated rings. The van der Waals surface area contributed by atoms with Crippen molar-refractivity contribution in [2.24, 2.45) is 11.3 Å². The first-order chi connectivity index (χ1) is 10.3. The van der Waals surface area contributed by atoms with Crippen LogP contribution >= 0.6 is 0 Å². The van der Waals surface area contributed by atoms with Gasteiger partial charge < -0.3 is 10.1 Å². The van der Waals surface area contributed by atoms with Gasteiger partial charge >= 0.3 is 0 Å². The second kappa shape index (κ2) is 7.43. The molecule has 0 amide bonds. The highest BCUT2D eigenvalue weighted by molar-refractivity contribution is 4.94. The van der Waals surface area contributed by atoms with Gasteiger partial charge in [0.1, 0.15) is 0 Å². The lowest BCUT2D eigenvalue weighted by atomic mass is 9.76. The third kappa shape index (κ3) is 3.80. The number of fused-ring (bicyclic) bond motifs is 1. The Labute approximate surface area is 130 Å². The molecule has 0 aromatic heterocycles. The lowest BCUT2D eigenvalue weighted by Crippen LogP contribution is -2.53. The fourth-order valence-electron chi connectivity index (χ4n) is 4.85. The van der Waals surface area contributed by atoms with Crippen molar-refractivity contribution in [2.75, 3.05) is 39.4 Å². The molecule has 3 aliphatic rings. The lowest BCUT2D eigenvalue weighted by molar-refractivity contribution is 0.0188. The van der Waals surface area contributed by atoms with E-state index in [0.717, 1.165) is 38.3 Å². The minimum absolute atomic E-state index is 0.383. The standard InChI is InChI=1S/C18H34N2O/c1-2-10-19-13-18(9-12-21-15-18)14-20-11-5-7-16-6-3-4-8-17(16)20/h16-17,19H,2-15H2,1H3/t16-,17-,18?/m1/s1. The van der Waals surface area contributed by atoms with Crippen LogP contribution < -0.4 is 5.32 Å². The van der Waals surface area contributed by atoms with Gasteiger partial charge in [0.25, 0.3) is 0 Å². The third-order valence-corrected chi connectivity index (χ3v) is 6.01. The predicted molar refractivity (Wildman–Crippen MR) is 87.6 cm³/mol. The average molecular weight is 294 g/mol. The van der Waals surface area contributed by atoms with Gasteiger partial charge in [-0.15, -0.1) is 0 Å². The van der Waals surface area contributed by atoms with Crippen molar-refractivity contribution in [3.05, 3.63) is 0 Å². The van der Waals surface area contributed by atoms with E-state index in [1.807, 2.05) is 0 Å². The minimum Gasteiger partial charge on any atom is -0.381 e. The number of likely N-dealkylation sites (tertiary alicyclic amines) is 1. The molecule has 2 saturated heterocycles. The van der Waals surface area contributed by atoms with Crippen LogP contribution in [-0.2, 0) is 4.74 Å². The minimum atomic E-state index is 0.383. The van der Waals surface area contributed by atoms with Crippen LogP contribution in [-0.4, -0.2) is 50.3 Å². The molecule has 1 aliphatic carbocycles. The first-order valence-corrected chi connectivity index (χ1v) is 9.35. The summed E-state index contributed by atoms with van der Waals surface area (Å²) in [6.07, 6.45) is 11.2. The second-order valence-corrected chi connectivity index (χ2v) is 7.70. The Hall–Kier alpha value is -0.120. The Balaban J connectivity index is 1.61. The van der Waals surface area contributed by atoms with Gasteiger partial charge in [0.2, 0.25) is 0 Å². The summed E-state index contributed by atoms with van der Waals surface area (Å²) in [5, 5.41) is 3.67. The van der Waals surface area contributed by atoms with Crippen molar-refractivity contribution in [1.29, 1.82) is 0 Å². The Morgan fingerprint density at radius 1 is 1.19 bits per heavy atom. The number of rotatable bonds is 6. The largest absolute Gasteiger partial charge is 0.381 e. The van der Waals surface area contributed by atoms with Crippen LogP contribution in [0.15, 0.2) is 0 Å². The first-order valence-electron chi connectivity index (χ1n) is 9.35. The molecule has 3 heteroatoms. The maximum Gasteiger partial charge on any atom is 0.0547 e. The van der Waals surface area contributed by atoms with Gasteiger partial charge in [-0.25, -0.2) is 0 Å². The average Bonchev–Trinajstić information content (AvgIpc) is 2.97. The zero-order chi connectivity index (χ0) is 14.5. The van der Waals surface area contributed by atoms with E-state index < -0.39 is 0 Å². The van der Waals surface area contributed by atoms with Gasteiger partial charge in [0.05, 0.1) is 6.61 Å². The zero-order valence-corrected chi connectivity index (χ0v) is 13.9. The number of nitrogens with zero attached hydrogens (tertiary/aromatic N) is 1. The lowest BCUT2D eigenvalue weighted by Gasteiger charge is -2.47. The topological polar surface area (TPSA) is 24.5 Å². The monoisotopic (exact) mass is 294 g/mol. The Morgan fingerprint density at radius 3 is 2.86 bits per heavy atom. The van der Waals surface area contributed by atoms with Crippen molar-refractivity contribution in [3.8, 4) is 0 Å². The summed E-state index contributed by atoms with van der Waals surface area (Å²) in [7, 11) is 0. The molecule has 21 heavy (non-hydrogen) atoms. The third-order valence-electron chi connectivity index (χ3n) is 6.01. The summed E-state index contributed by atoms with van der Waals surface area (Å²) < 4.78 is 5.80. The van der Waals surface area contributed by atoms with E-state index in [9.17, 15) is 0 Å². The van der Waals surface area contributed by atoms with Crippen LogP contribution in [0.1, 0.15) is 58.3 Å². The SMILES string of the molecule is CCCNCC1(CN2CCC[C@H]3CCCC[C@H]32)CCOC1. The quantitative estimate of drug-likeness (QED) is 0.762. The van der Waals surface area contributed by atoms with Crippen molar-refractivity contribution >= 4 is 0 Å². The highest BCUT2D eigenvalue weighted by Gasteiger charge is 2.41. The molecular weight excluding hydrogens is 260 g/mol. The molecule has 0 bridgehead atoms. The smallest absolute Gasteiger partial charge is 0.0547 e. The molecule has 3 atom stereocenters. The van der Waals surface area contributed by atoms with Crippen molar-refractivity contribution in [1.82, 2.24) is 10.2 Å². The molecule has 0 aromatic rings. The fraction of sp³-hybridized carbons (Fsp3) is 1.00. The fourth-order valence-corrected chi connectivity index (χ4v) is 4.85. The normalized spacial score (nSPS) is 37.6. The maximum atomic E-state index is 5.80. The molecule has 0 radical (unpaired) electrons. The molecule has 0 aromatic carbocycles. The molecule has 0 spiro atoms. The van der Waals surface area contributed by atoms with Crippen molar-refractivity contribution in [2.45, 2.75) is 64.3 Å². The van der Waals surface area contributed by atoms with Crippen LogP contribution in [0.2, 0.25) is 0 Å². The number of hydrogen-bond donors (Lipinski definition) is 1. The molecule has 2 aliphatic heterocycles. The Bertz CT molecular complexity index is 312. The van der Waals surface area contributed by atoms with E-state index in [1.165, 1.54) is 64.5 Å². The summed E-state index contributed by atoms with van der Waals surface area (Å²) in [6.45, 7) is 9.08. The van der Waals surface area contributed by atoms with Crippen LogP contribution in [0.3, 0.4) is 0 Å². The predicted octanol–water partition coefficient (Wildman–Crippen LogP) is 3.05. The Morgan fingerprint density at radius 2 is 2.05 bits per heavy atom. The molecule has 1 N–H and O–H groups in total. The number of hydrogen-bond acceptors (Lipinski definition) is 3. The maximum absolute atomic E-state index is 5.80. The van der Waals surface area contributed by atoms with Gasteiger partial charge in [-0.2, -0.15) is 0 Å². The van der Waals surface area contributed by atoms with Crippen molar-refractivity contribution in [3.63, 3.8) is 0 Å². The van der Waals surface area contributed by atoms with E-state index in [0.29, 0.717) is 5.41 Å². The van der Waals surface area contributed by atoms with Gasteiger partial charge in [0.15, 0.2) is 0 Å². The molecule has 3 rings (SSSR count). The van der Waals surface area contributed by atoms with Crippen LogP contribution in [0.25, 0.3) is 0 Å².